The minimum absolute atomic E-state index is 0. The molecular formula is C32H56CrN8. The van der Waals surface area contributed by atoms with Crippen molar-refractivity contribution in [3.63, 3.8) is 0 Å². The minimum atomic E-state index is 0. The van der Waals surface area contributed by atoms with Crippen molar-refractivity contribution >= 4 is 0 Å². The second kappa shape index (κ2) is 11.9. The molecule has 0 aromatic rings. The average Bonchev–Trinajstić information content (AvgIpc) is 3.73. The van der Waals surface area contributed by atoms with E-state index in [1.165, 1.54) is 103 Å². The predicted molar refractivity (Wildman–Crippen MR) is 157 cm³/mol. The quantitative estimate of drug-likeness (QED) is 0.214. The maximum Gasteiger partial charge on any atom is 0.0628 e. The number of nitrogens with one attached hydrogen (secondary N) is 8. The van der Waals surface area contributed by atoms with Crippen LogP contribution in [0.25, 0.3) is 0 Å². The van der Waals surface area contributed by atoms with E-state index in [2.05, 4.69) is 42.5 Å². The van der Waals surface area contributed by atoms with Gasteiger partial charge < -0.3 is 0 Å². The molecule has 0 spiro atoms. The van der Waals surface area contributed by atoms with Crippen molar-refractivity contribution in [3.05, 3.63) is 0 Å². The first-order valence-electron chi connectivity index (χ1n) is 17.9. The molecule has 4 saturated carbocycles. The summed E-state index contributed by atoms with van der Waals surface area (Å²) in [5, 5.41) is 33.8. The van der Waals surface area contributed by atoms with Gasteiger partial charge in [0.05, 0.1) is 49.3 Å². The summed E-state index contributed by atoms with van der Waals surface area (Å²) in [5.74, 6) is 5.97. The zero-order valence-electron chi connectivity index (χ0n) is 25.0. The summed E-state index contributed by atoms with van der Waals surface area (Å²) in [6, 6.07) is 0. The Morgan fingerprint density at radius 1 is 0.220 bits per heavy atom. The van der Waals surface area contributed by atoms with Crippen LogP contribution < -0.4 is 42.5 Å². The Morgan fingerprint density at radius 2 is 0.341 bits per heavy atom. The number of fused-ring (bicyclic) bond motifs is 20. The predicted octanol–water partition coefficient (Wildman–Crippen LogP) is 2.60. The molecule has 8 atom stereocenters. The zero-order valence-corrected chi connectivity index (χ0v) is 26.2. The molecule has 0 aromatic heterocycles. The molecule has 9 aliphatic rings. The van der Waals surface area contributed by atoms with Crippen molar-refractivity contribution in [2.45, 2.75) is 152 Å². The van der Waals surface area contributed by atoms with E-state index in [0.717, 1.165) is 47.3 Å². The van der Waals surface area contributed by atoms with Gasteiger partial charge in [0.2, 0.25) is 0 Å². The van der Waals surface area contributed by atoms with E-state index in [9.17, 15) is 0 Å². The molecule has 9 heteroatoms. The summed E-state index contributed by atoms with van der Waals surface area (Å²) in [6.07, 6.45) is 25.6. The van der Waals surface area contributed by atoms with Crippen LogP contribution in [0, 0.1) is 47.3 Å². The molecule has 4 aliphatic carbocycles. The Hall–Kier alpha value is 0.212. The topological polar surface area (TPSA) is 96.2 Å². The summed E-state index contributed by atoms with van der Waals surface area (Å²) < 4.78 is 0. The summed E-state index contributed by atoms with van der Waals surface area (Å²) in [6.45, 7) is 0. The van der Waals surface area contributed by atoms with Crippen molar-refractivity contribution in [2.75, 3.05) is 0 Å². The molecule has 5 saturated heterocycles. The summed E-state index contributed by atoms with van der Waals surface area (Å²) in [4.78, 5) is 0. The fourth-order valence-electron chi connectivity index (χ4n) is 12.0. The van der Waals surface area contributed by atoms with Crippen molar-refractivity contribution in [1.82, 2.24) is 42.5 Å². The third kappa shape index (κ3) is 5.01. The normalized spacial score (nSPS) is 56.2. The Kier molecular flexibility index (Phi) is 8.29. The van der Waals surface area contributed by atoms with Crippen LogP contribution in [0.2, 0.25) is 0 Å². The van der Waals surface area contributed by atoms with Crippen molar-refractivity contribution in [1.29, 1.82) is 0 Å². The second-order valence-corrected chi connectivity index (χ2v) is 15.6. The number of rotatable bonds is 0. The van der Waals surface area contributed by atoms with Gasteiger partial charge >= 0.3 is 0 Å². The van der Waals surface area contributed by atoms with Gasteiger partial charge in [0.1, 0.15) is 0 Å². The third-order valence-electron chi connectivity index (χ3n) is 13.8. The Labute approximate surface area is 258 Å². The molecule has 5 aliphatic heterocycles. The average molecular weight is 605 g/mol. The fourth-order valence-corrected chi connectivity index (χ4v) is 12.0. The van der Waals surface area contributed by atoms with Crippen molar-refractivity contribution < 1.29 is 17.4 Å². The standard InChI is InChI=1S/C32H56N8.Cr/c1-2-10-18-17(9-1)25-33-26(18)38-28-21-13-5-6-14-22(21)30(35-28)40-32-24-16-8-7-15-23(24)31(36-32)39-29-20-12-4-3-11-19(20)27(34-29)37-25;/h17-40H,1-16H2;. The molecule has 8 unspecified atom stereocenters. The summed E-state index contributed by atoms with van der Waals surface area (Å²) in [5.41, 5.74) is 0. The van der Waals surface area contributed by atoms with E-state index in [0.29, 0.717) is 49.3 Å². The van der Waals surface area contributed by atoms with Gasteiger partial charge in [0, 0.05) is 17.4 Å². The van der Waals surface area contributed by atoms with Gasteiger partial charge in [-0.1, -0.05) is 51.4 Å². The molecule has 8 nitrogen and oxygen atoms in total. The molecule has 0 radical (unpaired) electrons. The first-order valence-corrected chi connectivity index (χ1v) is 17.9. The summed E-state index contributed by atoms with van der Waals surface area (Å²) >= 11 is 0. The molecule has 9 fully saturated rings. The van der Waals surface area contributed by atoms with Crippen LogP contribution in [0.15, 0.2) is 0 Å². The van der Waals surface area contributed by atoms with Gasteiger partial charge in [-0.05, 0) is 98.7 Å². The first-order chi connectivity index (χ1) is 19.8. The summed E-state index contributed by atoms with van der Waals surface area (Å²) in [7, 11) is 0. The van der Waals surface area contributed by atoms with Gasteiger partial charge in [-0.2, -0.15) is 0 Å². The van der Waals surface area contributed by atoms with Crippen LogP contribution in [-0.4, -0.2) is 49.3 Å². The minimum Gasteiger partial charge on any atom is -0.286 e. The molecule has 0 amide bonds. The molecule has 230 valence electrons. The van der Waals surface area contributed by atoms with E-state index in [1.54, 1.807) is 0 Å². The number of hydrogen-bond acceptors (Lipinski definition) is 8. The molecular weight excluding hydrogens is 548 g/mol. The molecule has 8 bridgehead atoms. The van der Waals surface area contributed by atoms with Gasteiger partial charge in [0.25, 0.3) is 0 Å². The van der Waals surface area contributed by atoms with Crippen LogP contribution in [-0.2, 0) is 17.4 Å². The van der Waals surface area contributed by atoms with E-state index < -0.39 is 0 Å². The van der Waals surface area contributed by atoms with Crippen LogP contribution in [0.4, 0.5) is 0 Å². The maximum absolute atomic E-state index is 4.26. The monoisotopic (exact) mass is 604 g/mol. The SMILES string of the molecule is C1CCC2C3NC(NC4NC(NC5NC(NC6NC(N3)C3CCCCC63)C3CCCCC53)C3CCCCC43)C2C1.[Cr]. The van der Waals surface area contributed by atoms with Crippen LogP contribution >= 0.6 is 0 Å². The Morgan fingerprint density at radius 3 is 0.463 bits per heavy atom. The van der Waals surface area contributed by atoms with E-state index in [4.69, 9.17) is 0 Å². The molecule has 41 heavy (non-hydrogen) atoms. The molecule has 9 rings (SSSR count). The Bertz CT molecular complexity index is 716. The third-order valence-corrected chi connectivity index (χ3v) is 13.8. The largest absolute Gasteiger partial charge is 0.286 e. The van der Waals surface area contributed by atoms with Gasteiger partial charge in [0.15, 0.2) is 0 Å². The Balaban J connectivity index is 0.00000256. The van der Waals surface area contributed by atoms with E-state index >= 15 is 0 Å². The van der Waals surface area contributed by atoms with Crippen molar-refractivity contribution in [2.24, 2.45) is 47.3 Å². The maximum atomic E-state index is 4.26. The zero-order chi connectivity index (χ0) is 26.2. The van der Waals surface area contributed by atoms with Crippen LogP contribution in [0.1, 0.15) is 103 Å². The second-order valence-electron chi connectivity index (χ2n) is 15.6. The smallest absolute Gasteiger partial charge is 0.0628 e. The number of hydrogen-bond donors (Lipinski definition) is 8. The molecule has 5 heterocycles. The van der Waals surface area contributed by atoms with Gasteiger partial charge in [-0.25, -0.2) is 0 Å². The van der Waals surface area contributed by atoms with Gasteiger partial charge in [-0.3, -0.25) is 42.5 Å². The van der Waals surface area contributed by atoms with E-state index in [1.807, 2.05) is 0 Å². The van der Waals surface area contributed by atoms with Crippen LogP contribution in [0.3, 0.4) is 0 Å². The first kappa shape index (κ1) is 28.7. The molecule has 0 aromatic carbocycles. The van der Waals surface area contributed by atoms with E-state index in [-0.39, 0.29) is 17.4 Å². The van der Waals surface area contributed by atoms with Gasteiger partial charge in [-0.15, -0.1) is 0 Å². The fraction of sp³-hybridized carbons (Fsp3) is 1.00. The van der Waals surface area contributed by atoms with Crippen molar-refractivity contribution in [3.8, 4) is 0 Å². The molecule has 8 N–H and O–H groups in total. The van der Waals surface area contributed by atoms with Crippen LogP contribution in [0.5, 0.6) is 0 Å².